The van der Waals surface area contributed by atoms with Gasteiger partial charge in [0.25, 0.3) is 0 Å². The van der Waals surface area contributed by atoms with E-state index in [-0.39, 0.29) is 29.3 Å². The Hall–Kier alpha value is -3.05. The lowest BCUT2D eigenvalue weighted by molar-refractivity contribution is -0.137. The van der Waals surface area contributed by atoms with Crippen LogP contribution in [0.4, 0.5) is 18.9 Å². The zero-order valence-electron chi connectivity index (χ0n) is 16.2. The van der Waals surface area contributed by atoms with E-state index in [0.717, 1.165) is 10.5 Å². The lowest BCUT2D eigenvalue weighted by Gasteiger charge is -2.40. The first kappa shape index (κ1) is 21.2. The SMILES string of the molecule is N#CC1=C(N)N(c2ccccc2C(F)(F)F)C2=C(C(=O)CCC2)[C@H]1c1ccc(Br)cc1. The molecule has 0 saturated heterocycles. The number of benzene rings is 2. The number of ketones is 1. The summed E-state index contributed by atoms with van der Waals surface area (Å²) in [6.45, 7) is 0. The quantitative estimate of drug-likeness (QED) is 0.583. The molecule has 2 aromatic carbocycles. The number of Topliss-reactive ketones (excluding diaryl/α,β-unsaturated/α-hetero) is 1. The maximum absolute atomic E-state index is 13.8. The maximum atomic E-state index is 13.8. The van der Waals surface area contributed by atoms with Crippen LogP contribution in [-0.4, -0.2) is 5.78 Å². The van der Waals surface area contributed by atoms with Gasteiger partial charge in [0, 0.05) is 22.2 Å². The Morgan fingerprint density at radius 1 is 1.10 bits per heavy atom. The molecular formula is C23H17BrF3N3O. The van der Waals surface area contributed by atoms with Gasteiger partial charge in [-0.25, -0.2) is 0 Å². The number of nitriles is 1. The number of carbonyl (C=O) groups is 1. The number of anilines is 1. The number of halogens is 4. The van der Waals surface area contributed by atoms with E-state index in [0.29, 0.717) is 29.7 Å². The summed E-state index contributed by atoms with van der Waals surface area (Å²) >= 11 is 3.37. The van der Waals surface area contributed by atoms with Crippen LogP contribution in [-0.2, 0) is 11.0 Å². The zero-order valence-corrected chi connectivity index (χ0v) is 17.8. The molecule has 31 heavy (non-hydrogen) atoms. The van der Waals surface area contributed by atoms with Gasteiger partial charge in [-0.1, -0.05) is 40.2 Å². The third-order valence-corrected chi connectivity index (χ3v) is 6.10. The molecule has 0 fully saturated rings. The lowest BCUT2D eigenvalue weighted by Crippen LogP contribution is -2.39. The van der Waals surface area contributed by atoms with Crippen LogP contribution in [0.3, 0.4) is 0 Å². The Balaban J connectivity index is 2.00. The van der Waals surface area contributed by atoms with Gasteiger partial charge >= 0.3 is 6.18 Å². The molecule has 0 amide bonds. The molecule has 0 unspecified atom stereocenters. The molecule has 2 aromatic rings. The van der Waals surface area contributed by atoms with Gasteiger partial charge in [0.05, 0.1) is 28.8 Å². The van der Waals surface area contributed by atoms with Crippen molar-refractivity contribution < 1.29 is 18.0 Å². The molecule has 8 heteroatoms. The van der Waals surface area contributed by atoms with Crippen molar-refractivity contribution in [2.75, 3.05) is 4.90 Å². The predicted molar refractivity (Wildman–Crippen MR) is 114 cm³/mol. The largest absolute Gasteiger partial charge is 0.418 e. The van der Waals surface area contributed by atoms with Crippen LogP contribution in [0, 0.1) is 11.3 Å². The molecule has 1 aliphatic carbocycles. The van der Waals surface area contributed by atoms with Crippen LogP contribution in [0.25, 0.3) is 0 Å². The van der Waals surface area contributed by atoms with Gasteiger partial charge < -0.3 is 5.73 Å². The molecule has 2 N–H and O–H groups in total. The van der Waals surface area contributed by atoms with Crippen LogP contribution < -0.4 is 10.6 Å². The lowest BCUT2D eigenvalue weighted by atomic mass is 9.75. The smallest absolute Gasteiger partial charge is 0.384 e. The second kappa shape index (κ2) is 7.89. The summed E-state index contributed by atoms with van der Waals surface area (Å²) in [5.74, 6) is -0.973. The molecule has 4 nitrogen and oxygen atoms in total. The molecule has 2 aliphatic rings. The van der Waals surface area contributed by atoms with Crippen LogP contribution in [0.5, 0.6) is 0 Å². The van der Waals surface area contributed by atoms with Gasteiger partial charge in [-0.15, -0.1) is 0 Å². The second-order valence-corrected chi connectivity index (χ2v) is 8.30. The van der Waals surface area contributed by atoms with E-state index in [1.807, 2.05) is 0 Å². The van der Waals surface area contributed by atoms with Crippen molar-refractivity contribution in [3.8, 4) is 6.07 Å². The van der Waals surface area contributed by atoms with Crippen molar-refractivity contribution in [3.05, 3.63) is 86.8 Å². The average Bonchev–Trinajstić information content (AvgIpc) is 2.73. The van der Waals surface area contributed by atoms with Crippen molar-refractivity contribution in [2.45, 2.75) is 31.4 Å². The molecule has 0 aromatic heterocycles. The second-order valence-electron chi connectivity index (χ2n) is 7.38. The monoisotopic (exact) mass is 487 g/mol. The van der Waals surface area contributed by atoms with Gasteiger partial charge in [0.1, 0.15) is 5.82 Å². The number of nitrogens with two attached hydrogens (primary N) is 1. The van der Waals surface area contributed by atoms with E-state index in [1.165, 1.54) is 23.1 Å². The van der Waals surface area contributed by atoms with E-state index in [1.54, 1.807) is 24.3 Å². The van der Waals surface area contributed by atoms with Crippen molar-refractivity contribution >= 4 is 27.4 Å². The number of rotatable bonds is 2. The van der Waals surface area contributed by atoms with Gasteiger partial charge in [0.15, 0.2) is 5.78 Å². The Morgan fingerprint density at radius 3 is 2.42 bits per heavy atom. The van der Waals surface area contributed by atoms with E-state index >= 15 is 0 Å². The molecule has 1 heterocycles. The first-order chi connectivity index (χ1) is 14.7. The molecule has 1 aliphatic heterocycles. The highest BCUT2D eigenvalue weighted by atomic mass is 79.9. The summed E-state index contributed by atoms with van der Waals surface area (Å²) in [5.41, 5.74) is 6.82. The number of allylic oxidation sites excluding steroid dienone is 3. The Labute approximate surface area is 185 Å². The first-order valence-corrected chi connectivity index (χ1v) is 10.4. The summed E-state index contributed by atoms with van der Waals surface area (Å²) in [7, 11) is 0. The van der Waals surface area contributed by atoms with Crippen LogP contribution >= 0.6 is 15.9 Å². The van der Waals surface area contributed by atoms with E-state index < -0.39 is 17.7 Å². The fourth-order valence-electron chi connectivity index (χ4n) is 4.26. The predicted octanol–water partition coefficient (Wildman–Crippen LogP) is 5.77. The molecular weight excluding hydrogens is 471 g/mol. The first-order valence-electron chi connectivity index (χ1n) is 9.62. The van der Waals surface area contributed by atoms with Gasteiger partial charge in [0.2, 0.25) is 0 Å². The van der Waals surface area contributed by atoms with Crippen LogP contribution in [0.15, 0.2) is 75.7 Å². The van der Waals surface area contributed by atoms with E-state index in [9.17, 15) is 23.2 Å². The van der Waals surface area contributed by atoms with Crippen molar-refractivity contribution in [1.82, 2.24) is 0 Å². The summed E-state index contributed by atoms with van der Waals surface area (Å²) in [6, 6.07) is 14.3. The number of nitrogens with zero attached hydrogens (tertiary/aromatic N) is 2. The molecule has 1 atom stereocenters. The Bertz CT molecular complexity index is 1160. The minimum Gasteiger partial charge on any atom is -0.384 e. The summed E-state index contributed by atoms with van der Waals surface area (Å²) < 4.78 is 42.1. The van der Waals surface area contributed by atoms with Crippen LogP contribution in [0.1, 0.15) is 36.3 Å². The van der Waals surface area contributed by atoms with Gasteiger partial charge in [-0.05, 0) is 42.7 Å². The standard InChI is InChI=1S/C23H17BrF3N3O/c24-14-10-8-13(9-11-14)20-15(12-28)22(29)30(18-6-3-7-19(31)21(18)20)17-5-2-1-4-16(17)23(25,26)27/h1-2,4-5,8-11,20H,3,6-7,29H2/t20-/m0/s1. The third-order valence-electron chi connectivity index (χ3n) is 5.57. The fourth-order valence-corrected chi connectivity index (χ4v) is 4.52. The molecule has 0 radical (unpaired) electrons. The molecule has 0 spiro atoms. The minimum atomic E-state index is -4.62. The number of para-hydroxylation sites is 1. The Kier molecular flexibility index (Phi) is 5.40. The normalized spacial score (nSPS) is 19.4. The van der Waals surface area contributed by atoms with E-state index in [2.05, 4.69) is 22.0 Å². The van der Waals surface area contributed by atoms with Crippen molar-refractivity contribution in [3.63, 3.8) is 0 Å². The molecule has 4 rings (SSSR count). The summed E-state index contributed by atoms with van der Waals surface area (Å²) in [6.07, 6.45) is -3.45. The van der Waals surface area contributed by atoms with Gasteiger partial charge in [-0.3, -0.25) is 9.69 Å². The molecule has 158 valence electrons. The Morgan fingerprint density at radius 2 is 1.77 bits per heavy atom. The highest BCUT2D eigenvalue weighted by Crippen LogP contribution is 2.48. The van der Waals surface area contributed by atoms with E-state index in [4.69, 9.17) is 5.73 Å². The number of alkyl halides is 3. The summed E-state index contributed by atoms with van der Waals surface area (Å²) in [4.78, 5) is 14.3. The van der Waals surface area contributed by atoms with Crippen molar-refractivity contribution in [1.29, 1.82) is 5.26 Å². The maximum Gasteiger partial charge on any atom is 0.418 e. The fraction of sp³-hybridized carbons (Fsp3) is 0.217. The zero-order chi connectivity index (χ0) is 22.3. The highest BCUT2D eigenvalue weighted by molar-refractivity contribution is 9.10. The van der Waals surface area contributed by atoms with Crippen LogP contribution in [0.2, 0.25) is 0 Å². The minimum absolute atomic E-state index is 0.0632. The third kappa shape index (κ3) is 3.63. The summed E-state index contributed by atoms with van der Waals surface area (Å²) in [5, 5.41) is 9.94. The van der Waals surface area contributed by atoms with Crippen molar-refractivity contribution in [2.24, 2.45) is 5.73 Å². The topological polar surface area (TPSA) is 70.1 Å². The average molecular weight is 488 g/mol. The molecule has 0 bridgehead atoms. The number of hydrogen-bond acceptors (Lipinski definition) is 4. The highest BCUT2D eigenvalue weighted by Gasteiger charge is 2.43. The molecule has 0 saturated carbocycles. The van der Waals surface area contributed by atoms with Gasteiger partial charge in [-0.2, -0.15) is 18.4 Å². The number of hydrogen-bond donors (Lipinski definition) is 1. The number of carbonyl (C=O) groups excluding carboxylic acids is 1.